The lowest BCUT2D eigenvalue weighted by Gasteiger charge is -2.07. The Morgan fingerprint density at radius 3 is 2.75 bits per heavy atom. The molecule has 0 aliphatic rings. The number of nitrogens with one attached hydrogen (secondary N) is 1. The van der Waals surface area contributed by atoms with Gasteiger partial charge in [0.25, 0.3) is 0 Å². The first kappa shape index (κ1) is 12.2. The molecule has 0 saturated heterocycles. The van der Waals surface area contributed by atoms with Gasteiger partial charge in [-0.25, -0.2) is 4.79 Å². The molecule has 0 radical (unpaired) electrons. The molecule has 0 fully saturated rings. The summed E-state index contributed by atoms with van der Waals surface area (Å²) in [5.74, 6) is -0.358. The zero-order valence-corrected chi connectivity index (χ0v) is 9.35. The van der Waals surface area contributed by atoms with Gasteiger partial charge in [0.2, 0.25) is 0 Å². The molecule has 0 saturated carbocycles. The van der Waals surface area contributed by atoms with Gasteiger partial charge in [0, 0.05) is 6.08 Å². The highest BCUT2D eigenvalue weighted by Gasteiger charge is 2.05. The molecular formula is C13H16NO2+. The molecule has 1 rings (SSSR count). The van der Waals surface area contributed by atoms with E-state index in [1.807, 2.05) is 30.3 Å². The third-order valence-electron chi connectivity index (χ3n) is 1.92. The maximum atomic E-state index is 11.3. The van der Waals surface area contributed by atoms with Gasteiger partial charge in [-0.1, -0.05) is 36.9 Å². The molecule has 16 heavy (non-hydrogen) atoms. The summed E-state index contributed by atoms with van der Waals surface area (Å²) in [5.41, 5.74) is 0.973. The van der Waals surface area contributed by atoms with Crippen molar-refractivity contribution in [2.24, 2.45) is 0 Å². The first-order valence-electron chi connectivity index (χ1n) is 5.10. The Labute approximate surface area is 95.6 Å². The number of carbonyl (C=O) groups excluding carboxylic acids is 1. The van der Waals surface area contributed by atoms with Gasteiger partial charge in [0.1, 0.15) is 13.6 Å². The molecule has 1 aromatic rings. The fourth-order valence-electron chi connectivity index (χ4n) is 1.18. The number of quaternary nitrogens is 1. The van der Waals surface area contributed by atoms with Crippen molar-refractivity contribution in [3.8, 4) is 0 Å². The number of benzene rings is 1. The van der Waals surface area contributed by atoms with Crippen LogP contribution in [0.15, 0.2) is 49.1 Å². The van der Waals surface area contributed by atoms with Crippen molar-refractivity contribution in [1.29, 1.82) is 0 Å². The lowest BCUT2D eigenvalue weighted by Crippen LogP contribution is -3.08. The Kier molecular flexibility index (Phi) is 5.02. The van der Waals surface area contributed by atoms with E-state index in [4.69, 9.17) is 4.84 Å². The van der Waals surface area contributed by atoms with Gasteiger partial charge >= 0.3 is 5.97 Å². The minimum Gasteiger partial charge on any atom is -0.274 e. The molecule has 1 aromatic carbocycles. The average molecular weight is 218 g/mol. The highest BCUT2D eigenvalue weighted by molar-refractivity contribution is 5.86. The van der Waals surface area contributed by atoms with E-state index in [1.165, 1.54) is 6.08 Å². The number of likely N-dealkylation sites (N-methyl/N-ethyl adjacent to an activating group) is 1. The van der Waals surface area contributed by atoms with E-state index >= 15 is 0 Å². The lowest BCUT2D eigenvalue weighted by molar-refractivity contribution is -1.05. The first-order chi connectivity index (χ1) is 7.72. The number of hydrogen-bond acceptors (Lipinski definition) is 2. The SMILES string of the molecule is C=CC[NH+](C)OC(=O)C=Cc1ccccc1. The molecule has 0 aromatic heterocycles. The highest BCUT2D eigenvalue weighted by atomic mass is 16.7. The van der Waals surface area contributed by atoms with Crippen LogP contribution >= 0.6 is 0 Å². The van der Waals surface area contributed by atoms with Crippen LogP contribution in [0.5, 0.6) is 0 Å². The summed E-state index contributed by atoms with van der Waals surface area (Å²) in [4.78, 5) is 16.4. The number of carbonyl (C=O) groups is 1. The van der Waals surface area contributed by atoms with Crippen LogP contribution in [0.4, 0.5) is 0 Å². The average Bonchev–Trinajstić information content (AvgIpc) is 2.28. The molecular weight excluding hydrogens is 202 g/mol. The number of hydroxylamine groups is 2. The smallest absolute Gasteiger partial charge is 0.274 e. The molecule has 3 heteroatoms. The third-order valence-corrected chi connectivity index (χ3v) is 1.92. The molecule has 84 valence electrons. The molecule has 0 aliphatic heterocycles. The maximum absolute atomic E-state index is 11.3. The van der Waals surface area contributed by atoms with Gasteiger partial charge < -0.3 is 0 Å². The second kappa shape index (κ2) is 6.58. The summed E-state index contributed by atoms with van der Waals surface area (Å²) in [6, 6.07) is 9.60. The van der Waals surface area contributed by atoms with Gasteiger partial charge in [-0.05, 0) is 17.7 Å². The lowest BCUT2D eigenvalue weighted by atomic mass is 10.2. The van der Waals surface area contributed by atoms with Gasteiger partial charge in [0.15, 0.2) is 0 Å². The monoisotopic (exact) mass is 218 g/mol. The van der Waals surface area contributed by atoms with Crippen LogP contribution in [0, 0.1) is 0 Å². The Morgan fingerprint density at radius 1 is 1.44 bits per heavy atom. The van der Waals surface area contributed by atoms with E-state index in [0.29, 0.717) is 11.6 Å². The van der Waals surface area contributed by atoms with Crippen LogP contribution in [-0.4, -0.2) is 19.6 Å². The fourth-order valence-corrected chi connectivity index (χ4v) is 1.18. The molecule has 0 heterocycles. The van der Waals surface area contributed by atoms with Crippen molar-refractivity contribution >= 4 is 12.0 Å². The fraction of sp³-hybridized carbons (Fsp3) is 0.154. The van der Waals surface area contributed by atoms with Crippen molar-refractivity contribution in [1.82, 2.24) is 0 Å². The van der Waals surface area contributed by atoms with Crippen LogP contribution in [0.2, 0.25) is 0 Å². The van der Waals surface area contributed by atoms with Crippen LogP contribution in [0.1, 0.15) is 5.56 Å². The Balaban J connectivity index is 2.45. The van der Waals surface area contributed by atoms with E-state index in [9.17, 15) is 4.79 Å². The van der Waals surface area contributed by atoms with Gasteiger partial charge in [0.05, 0.1) is 0 Å². The molecule has 0 amide bonds. The Bertz CT molecular complexity index is 371. The molecule has 1 N–H and O–H groups in total. The maximum Gasteiger partial charge on any atom is 0.390 e. The molecule has 0 spiro atoms. The van der Waals surface area contributed by atoms with Crippen LogP contribution in [0.3, 0.4) is 0 Å². The summed E-state index contributed by atoms with van der Waals surface area (Å²) in [5, 5.41) is 0.651. The number of hydrogen-bond donors (Lipinski definition) is 1. The third kappa shape index (κ3) is 4.57. The van der Waals surface area contributed by atoms with Crippen LogP contribution < -0.4 is 5.06 Å². The van der Waals surface area contributed by atoms with Gasteiger partial charge in [-0.15, -0.1) is 5.06 Å². The van der Waals surface area contributed by atoms with E-state index < -0.39 is 0 Å². The van der Waals surface area contributed by atoms with Crippen molar-refractivity contribution in [2.45, 2.75) is 0 Å². The minimum absolute atomic E-state index is 0.358. The summed E-state index contributed by atoms with van der Waals surface area (Å²) in [6.07, 6.45) is 4.84. The zero-order valence-electron chi connectivity index (χ0n) is 9.35. The molecule has 0 bridgehead atoms. The van der Waals surface area contributed by atoms with E-state index in [-0.39, 0.29) is 5.97 Å². The summed E-state index contributed by atoms with van der Waals surface area (Å²) in [7, 11) is 1.76. The second-order valence-electron chi connectivity index (χ2n) is 3.36. The van der Waals surface area contributed by atoms with Crippen LogP contribution in [0.25, 0.3) is 6.08 Å². The summed E-state index contributed by atoms with van der Waals surface area (Å²) >= 11 is 0. The van der Waals surface area contributed by atoms with Crippen molar-refractivity contribution < 1.29 is 14.7 Å². The zero-order chi connectivity index (χ0) is 11.8. The molecule has 0 aliphatic carbocycles. The van der Waals surface area contributed by atoms with Gasteiger partial charge in [-0.3, -0.25) is 4.84 Å². The van der Waals surface area contributed by atoms with Gasteiger partial charge in [-0.2, -0.15) is 0 Å². The van der Waals surface area contributed by atoms with E-state index in [0.717, 1.165) is 5.56 Å². The second-order valence-corrected chi connectivity index (χ2v) is 3.36. The van der Waals surface area contributed by atoms with Crippen LogP contribution in [-0.2, 0) is 9.63 Å². The van der Waals surface area contributed by atoms with E-state index in [2.05, 4.69) is 6.58 Å². The summed E-state index contributed by atoms with van der Waals surface area (Å²) in [6.45, 7) is 4.16. The minimum atomic E-state index is -0.358. The topological polar surface area (TPSA) is 30.7 Å². The Morgan fingerprint density at radius 2 is 2.12 bits per heavy atom. The summed E-state index contributed by atoms with van der Waals surface area (Å²) < 4.78 is 0. The highest BCUT2D eigenvalue weighted by Crippen LogP contribution is 2.00. The first-order valence-corrected chi connectivity index (χ1v) is 5.10. The predicted molar refractivity (Wildman–Crippen MR) is 63.5 cm³/mol. The standard InChI is InChI=1S/C13H15NO2/c1-3-11-14(2)16-13(15)10-9-12-7-5-4-6-8-12/h3-10H,1,11H2,2H3/p+1. The number of rotatable bonds is 5. The van der Waals surface area contributed by atoms with Crippen molar-refractivity contribution in [3.05, 3.63) is 54.6 Å². The van der Waals surface area contributed by atoms with Crippen molar-refractivity contribution in [2.75, 3.05) is 13.6 Å². The largest absolute Gasteiger partial charge is 0.390 e. The molecule has 1 unspecified atom stereocenters. The predicted octanol–water partition coefficient (Wildman–Crippen LogP) is 0.859. The molecule has 3 nitrogen and oxygen atoms in total. The quantitative estimate of drug-likeness (QED) is 0.451. The van der Waals surface area contributed by atoms with Crippen molar-refractivity contribution in [3.63, 3.8) is 0 Å². The normalized spacial score (nSPS) is 12.3. The molecule has 1 atom stereocenters. The van der Waals surface area contributed by atoms with E-state index in [1.54, 1.807) is 19.2 Å². The Hall–Kier alpha value is -1.87.